The Bertz CT molecular complexity index is 1110. The van der Waals surface area contributed by atoms with Gasteiger partial charge in [-0.2, -0.15) is 0 Å². The van der Waals surface area contributed by atoms with Crippen LogP contribution in [0.4, 0.5) is 5.69 Å². The Labute approximate surface area is 190 Å². The van der Waals surface area contributed by atoms with Gasteiger partial charge in [-0.15, -0.1) is 0 Å². The summed E-state index contributed by atoms with van der Waals surface area (Å²) in [6.07, 6.45) is 0.278. The topological polar surface area (TPSA) is 158 Å². The smallest absolute Gasteiger partial charge is 0.235 e. The number of hydrogen-bond donors (Lipinski definition) is 3. The van der Waals surface area contributed by atoms with E-state index in [1.165, 1.54) is 11.0 Å². The van der Waals surface area contributed by atoms with Gasteiger partial charge in [-0.1, -0.05) is 0 Å². The molecule has 4 rings (SSSR count). The zero-order chi connectivity index (χ0) is 24.6. The number of likely N-dealkylation sites (N-methyl/N-ethyl adjacent to an activating group) is 1. The Morgan fingerprint density at radius 1 is 1.09 bits per heavy atom. The van der Waals surface area contributed by atoms with Crippen LogP contribution in [0.2, 0.25) is 0 Å². The maximum absolute atomic E-state index is 13.7. The van der Waals surface area contributed by atoms with Crippen molar-refractivity contribution in [3.63, 3.8) is 0 Å². The normalized spacial score (nSPS) is 33.5. The van der Waals surface area contributed by atoms with Gasteiger partial charge in [0.1, 0.15) is 5.75 Å². The number of anilines is 1. The highest BCUT2D eigenvalue weighted by atomic mass is 16.3. The van der Waals surface area contributed by atoms with Gasteiger partial charge in [0.2, 0.25) is 5.91 Å². The first-order chi connectivity index (χ1) is 15.3. The summed E-state index contributed by atoms with van der Waals surface area (Å²) in [5.41, 5.74) is 3.87. The minimum Gasteiger partial charge on any atom is -0.507 e. The predicted molar refractivity (Wildman–Crippen MR) is 116 cm³/mol. The van der Waals surface area contributed by atoms with Crippen LogP contribution >= 0.6 is 0 Å². The summed E-state index contributed by atoms with van der Waals surface area (Å²) in [5, 5.41) is 21.9. The largest absolute Gasteiger partial charge is 0.507 e. The van der Waals surface area contributed by atoms with Crippen molar-refractivity contribution in [2.45, 2.75) is 24.5 Å². The molecule has 0 aromatic heterocycles. The molecule has 10 heteroatoms. The van der Waals surface area contributed by atoms with E-state index in [1.807, 2.05) is 0 Å². The molecular formula is C23H27N3O7. The molecule has 0 bridgehead atoms. The number of carbonyl (C=O) groups is 5. The second-order valence-corrected chi connectivity index (χ2v) is 9.64. The Hall–Kier alpha value is -3.11. The molecule has 1 aromatic carbocycles. The van der Waals surface area contributed by atoms with Crippen molar-refractivity contribution in [2.75, 3.05) is 33.1 Å². The fourth-order valence-electron chi connectivity index (χ4n) is 6.01. The highest BCUT2D eigenvalue weighted by Crippen LogP contribution is 2.51. The third-order valence-corrected chi connectivity index (χ3v) is 7.40. The quantitative estimate of drug-likeness (QED) is 0.481. The zero-order valence-electron chi connectivity index (χ0n) is 18.9. The lowest BCUT2D eigenvalue weighted by molar-refractivity contribution is -0.181. The third-order valence-electron chi connectivity index (χ3n) is 7.40. The molecule has 3 aliphatic carbocycles. The first kappa shape index (κ1) is 23.1. The van der Waals surface area contributed by atoms with Crippen LogP contribution in [0.3, 0.4) is 0 Å². The standard InChI is InChI=1S/C23H27N3O7/c1-25(2)12-5-6-13(27)15-10(12)7-9-8-11-17(26(3)4)19(29)16(22(24)32)21(31)23(11,33)20(30)14(9)18(15)28/h5-6,9,11,14,16-17,27,33H,7-8H2,1-4H3,(H2,24,32)/t9?,11-,14?,16?,17+,23-/m0/s1. The first-order valence-electron chi connectivity index (χ1n) is 10.7. The Kier molecular flexibility index (Phi) is 5.21. The van der Waals surface area contributed by atoms with Gasteiger partial charge in [-0.25, -0.2) is 0 Å². The number of carbonyl (C=O) groups excluding carboxylic acids is 5. The van der Waals surface area contributed by atoms with Crippen LogP contribution in [0, 0.1) is 23.7 Å². The highest BCUT2D eigenvalue weighted by Gasteiger charge is 2.69. The second kappa shape index (κ2) is 7.46. The minimum absolute atomic E-state index is 0.00667. The number of nitrogens with zero attached hydrogens (tertiary/aromatic N) is 2. The van der Waals surface area contributed by atoms with Gasteiger partial charge in [0.05, 0.1) is 17.5 Å². The molecule has 0 saturated heterocycles. The number of primary amides is 1. The molecule has 2 saturated carbocycles. The van der Waals surface area contributed by atoms with Gasteiger partial charge in [-0.3, -0.25) is 28.9 Å². The highest BCUT2D eigenvalue weighted by molar-refractivity contribution is 6.32. The molecule has 2 fully saturated rings. The van der Waals surface area contributed by atoms with Crippen molar-refractivity contribution in [3.8, 4) is 5.75 Å². The third kappa shape index (κ3) is 2.97. The van der Waals surface area contributed by atoms with Crippen LogP contribution in [0.25, 0.3) is 0 Å². The average molecular weight is 457 g/mol. The molecule has 0 spiro atoms. The second-order valence-electron chi connectivity index (χ2n) is 9.64. The molecule has 6 atom stereocenters. The van der Waals surface area contributed by atoms with Crippen molar-refractivity contribution in [3.05, 3.63) is 23.3 Å². The molecule has 0 heterocycles. The number of ketones is 4. The van der Waals surface area contributed by atoms with E-state index in [9.17, 15) is 34.2 Å². The van der Waals surface area contributed by atoms with Crippen molar-refractivity contribution in [1.29, 1.82) is 0 Å². The molecule has 1 amide bonds. The lowest BCUT2D eigenvalue weighted by atomic mass is 9.52. The number of aromatic hydroxyl groups is 1. The van der Waals surface area contributed by atoms with E-state index in [1.54, 1.807) is 39.2 Å². The predicted octanol–water partition coefficient (Wildman–Crippen LogP) is -1.07. The molecule has 3 unspecified atom stereocenters. The Balaban J connectivity index is 1.89. The van der Waals surface area contributed by atoms with Crippen LogP contribution in [0.5, 0.6) is 5.75 Å². The number of rotatable bonds is 3. The summed E-state index contributed by atoms with van der Waals surface area (Å²) in [5.74, 6) is -10.3. The monoisotopic (exact) mass is 457 g/mol. The van der Waals surface area contributed by atoms with Crippen molar-refractivity contribution in [1.82, 2.24) is 4.90 Å². The molecule has 0 aliphatic heterocycles. The SMILES string of the molecule is CN(C)c1ccc(O)c2c1CC1C[C@H]3[C@@H](N(C)C)C(=O)C(C(N)=O)C(=O)[C@@]3(O)C(=O)C1C2=O. The number of nitrogens with two attached hydrogens (primary N) is 1. The molecule has 1 aromatic rings. The molecule has 33 heavy (non-hydrogen) atoms. The summed E-state index contributed by atoms with van der Waals surface area (Å²) in [4.78, 5) is 68.6. The number of Topliss-reactive ketones (excluding diaryl/α,β-unsaturated/α-hetero) is 4. The van der Waals surface area contributed by atoms with E-state index < -0.39 is 64.4 Å². The van der Waals surface area contributed by atoms with E-state index in [4.69, 9.17) is 5.73 Å². The molecule has 0 radical (unpaired) electrons. The van der Waals surface area contributed by atoms with Gasteiger partial charge in [0.15, 0.2) is 34.7 Å². The number of hydrogen-bond acceptors (Lipinski definition) is 9. The number of benzene rings is 1. The number of aliphatic hydroxyl groups is 1. The van der Waals surface area contributed by atoms with Crippen molar-refractivity contribution in [2.24, 2.45) is 29.4 Å². The minimum atomic E-state index is -2.70. The lowest BCUT2D eigenvalue weighted by Gasteiger charge is -2.52. The molecular weight excluding hydrogens is 430 g/mol. The van der Waals surface area contributed by atoms with Crippen LogP contribution in [-0.2, 0) is 25.6 Å². The molecule has 10 nitrogen and oxygen atoms in total. The van der Waals surface area contributed by atoms with Gasteiger partial charge in [-0.05, 0) is 50.6 Å². The summed E-state index contributed by atoms with van der Waals surface area (Å²) >= 11 is 0. The van der Waals surface area contributed by atoms with Crippen molar-refractivity contribution >= 4 is 34.7 Å². The fourth-order valence-corrected chi connectivity index (χ4v) is 6.01. The van der Waals surface area contributed by atoms with E-state index in [2.05, 4.69) is 0 Å². The summed E-state index contributed by atoms with van der Waals surface area (Å²) in [7, 11) is 6.69. The van der Waals surface area contributed by atoms with Crippen LogP contribution in [-0.4, -0.2) is 84.0 Å². The van der Waals surface area contributed by atoms with E-state index in [0.717, 1.165) is 0 Å². The number of fused-ring (bicyclic) bond motifs is 3. The fraction of sp³-hybridized carbons (Fsp3) is 0.522. The number of phenolic OH excluding ortho intramolecular Hbond substituents is 1. The van der Waals surface area contributed by atoms with Crippen LogP contribution in [0.15, 0.2) is 12.1 Å². The molecule has 176 valence electrons. The molecule has 4 N–H and O–H groups in total. The maximum atomic E-state index is 13.7. The summed E-state index contributed by atoms with van der Waals surface area (Å²) < 4.78 is 0. The number of phenols is 1. The lowest BCUT2D eigenvalue weighted by Crippen LogP contribution is -2.74. The van der Waals surface area contributed by atoms with E-state index in [-0.39, 0.29) is 24.2 Å². The van der Waals surface area contributed by atoms with Gasteiger partial charge in [0.25, 0.3) is 0 Å². The van der Waals surface area contributed by atoms with Gasteiger partial charge >= 0.3 is 0 Å². The van der Waals surface area contributed by atoms with Crippen LogP contribution < -0.4 is 10.6 Å². The van der Waals surface area contributed by atoms with Gasteiger partial charge in [0, 0.05) is 25.7 Å². The Morgan fingerprint density at radius 3 is 2.27 bits per heavy atom. The van der Waals surface area contributed by atoms with Crippen LogP contribution in [0.1, 0.15) is 22.3 Å². The average Bonchev–Trinajstić information content (AvgIpc) is 2.70. The Morgan fingerprint density at radius 2 is 1.73 bits per heavy atom. The molecule has 3 aliphatic rings. The summed E-state index contributed by atoms with van der Waals surface area (Å²) in [6, 6.07) is 1.94. The van der Waals surface area contributed by atoms with E-state index >= 15 is 0 Å². The van der Waals surface area contributed by atoms with Gasteiger partial charge < -0.3 is 20.8 Å². The first-order valence-corrected chi connectivity index (χ1v) is 10.7. The summed E-state index contributed by atoms with van der Waals surface area (Å²) in [6.45, 7) is 0. The number of amides is 1. The maximum Gasteiger partial charge on any atom is 0.235 e. The van der Waals surface area contributed by atoms with E-state index in [0.29, 0.717) is 11.3 Å². The van der Waals surface area contributed by atoms with Crippen molar-refractivity contribution < 1.29 is 34.2 Å². The zero-order valence-corrected chi connectivity index (χ0v) is 18.9.